The summed E-state index contributed by atoms with van der Waals surface area (Å²) in [5, 5.41) is 1.75. The van der Waals surface area contributed by atoms with Crippen LogP contribution in [0.1, 0.15) is 17.5 Å². The molecule has 1 atom stereocenters. The molecule has 0 saturated carbocycles. The van der Waals surface area contributed by atoms with E-state index in [9.17, 15) is 4.39 Å². The molecule has 1 aliphatic rings. The molecule has 116 valence electrons. The number of thioether (sulfide) groups is 1. The van der Waals surface area contributed by atoms with Gasteiger partial charge in [-0.05, 0) is 23.8 Å². The van der Waals surface area contributed by atoms with Gasteiger partial charge in [-0.2, -0.15) is 0 Å². The monoisotopic (exact) mass is 318 g/mol. The van der Waals surface area contributed by atoms with E-state index in [4.69, 9.17) is 10.6 Å². The highest BCUT2D eigenvalue weighted by Crippen LogP contribution is 2.48. The van der Waals surface area contributed by atoms with Gasteiger partial charge in [0.1, 0.15) is 16.4 Å². The van der Waals surface area contributed by atoms with E-state index in [0.29, 0.717) is 12.4 Å². The highest BCUT2D eigenvalue weighted by Gasteiger charge is 2.40. The van der Waals surface area contributed by atoms with E-state index >= 15 is 0 Å². The Labute approximate surface area is 134 Å². The summed E-state index contributed by atoms with van der Waals surface area (Å²) in [6.07, 6.45) is 0.789. The maximum atomic E-state index is 13.4. The molecule has 22 heavy (non-hydrogen) atoms. The molecule has 0 radical (unpaired) electrons. The molecule has 0 saturated heterocycles. The van der Waals surface area contributed by atoms with E-state index < -0.39 is 0 Å². The lowest BCUT2D eigenvalue weighted by atomic mass is 9.99. The van der Waals surface area contributed by atoms with Crippen LogP contribution in [-0.2, 0) is 10.6 Å². The van der Waals surface area contributed by atoms with Gasteiger partial charge in [0.15, 0.2) is 0 Å². The number of hydrazine groups is 1. The molecule has 0 aromatic heterocycles. The van der Waals surface area contributed by atoms with E-state index in [-0.39, 0.29) is 10.7 Å². The Balaban J connectivity index is 1.90. The van der Waals surface area contributed by atoms with E-state index in [1.807, 2.05) is 31.3 Å². The first-order valence-electron chi connectivity index (χ1n) is 7.21. The van der Waals surface area contributed by atoms with Gasteiger partial charge in [-0.15, -0.1) is 11.8 Å². The molecule has 0 aliphatic carbocycles. The number of ether oxygens (including phenoxy) is 1. The highest BCUT2D eigenvalue weighted by molar-refractivity contribution is 7.99. The van der Waals surface area contributed by atoms with Crippen LogP contribution in [0.2, 0.25) is 0 Å². The zero-order valence-corrected chi connectivity index (χ0v) is 13.3. The molecule has 3 nitrogen and oxygen atoms in total. The minimum absolute atomic E-state index is 0.208. The maximum Gasteiger partial charge on any atom is 0.125 e. The number of halogens is 1. The van der Waals surface area contributed by atoms with Gasteiger partial charge in [0, 0.05) is 24.8 Å². The molecule has 2 N–H and O–H groups in total. The van der Waals surface area contributed by atoms with Crippen LogP contribution in [-0.4, -0.2) is 18.7 Å². The van der Waals surface area contributed by atoms with Gasteiger partial charge >= 0.3 is 0 Å². The largest absolute Gasteiger partial charge is 0.493 e. The van der Waals surface area contributed by atoms with Crippen molar-refractivity contribution in [1.82, 2.24) is 5.01 Å². The van der Waals surface area contributed by atoms with Crippen LogP contribution in [0.3, 0.4) is 0 Å². The fourth-order valence-corrected chi connectivity index (χ4v) is 4.14. The standard InChI is InChI=1S/C17H19FN2OS/c1-20(19)17(22-12-13-5-4-6-14(18)11-13)9-10-21-16-8-3-2-7-15(16)17/h2-8,11H,9-10,12,19H2,1H3. The van der Waals surface area contributed by atoms with Gasteiger partial charge in [0.25, 0.3) is 0 Å². The summed E-state index contributed by atoms with van der Waals surface area (Å²) in [6.45, 7) is 0.620. The Kier molecular flexibility index (Phi) is 4.38. The van der Waals surface area contributed by atoms with Crippen molar-refractivity contribution in [2.24, 2.45) is 5.84 Å². The minimum atomic E-state index is -0.360. The van der Waals surface area contributed by atoms with Crippen molar-refractivity contribution in [3.8, 4) is 5.75 Å². The van der Waals surface area contributed by atoms with Crippen molar-refractivity contribution >= 4 is 11.8 Å². The quantitative estimate of drug-likeness (QED) is 0.532. The van der Waals surface area contributed by atoms with Crippen LogP contribution in [0.15, 0.2) is 48.5 Å². The molecule has 0 bridgehead atoms. The fraction of sp³-hybridized carbons (Fsp3) is 0.294. The van der Waals surface area contributed by atoms with Gasteiger partial charge in [-0.1, -0.05) is 30.3 Å². The van der Waals surface area contributed by atoms with Crippen LogP contribution < -0.4 is 10.6 Å². The first-order chi connectivity index (χ1) is 10.6. The maximum absolute atomic E-state index is 13.4. The number of hydrogen-bond acceptors (Lipinski definition) is 4. The van der Waals surface area contributed by atoms with Gasteiger partial charge < -0.3 is 4.74 Å². The zero-order valence-electron chi connectivity index (χ0n) is 12.5. The Morgan fingerprint density at radius 3 is 2.86 bits per heavy atom. The van der Waals surface area contributed by atoms with E-state index in [1.165, 1.54) is 6.07 Å². The lowest BCUT2D eigenvalue weighted by Gasteiger charge is -2.42. The van der Waals surface area contributed by atoms with Crippen molar-refractivity contribution < 1.29 is 9.13 Å². The summed E-state index contributed by atoms with van der Waals surface area (Å²) in [5.74, 6) is 7.55. The molecule has 0 amide bonds. The third-order valence-corrected chi connectivity index (χ3v) is 5.61. The Morgan fingerprint density at radius 1 is 1.27 bits per heavy atom. The van der Waals surface area contributed by atoms with Gasteiger partial charge in [-0.3, -0.25) is 5.84 Å². The number of benzene rings is 2. The molecular weight excluding hydrogens is 299 g/mol. The SMILES string of the molecule is CN(N)C1(SCc2cccc(F)c2)CCOc2ccccc21. The van der Waals surface area contributed by atoms with Crippen molar-refractivity contribution in [3.63, 3.8) is 0 Å². The molecule has 5 heteroatoms. The van der Waals surface area contributed by atoms with Gasteiger partial charge in [-0.25, -0.2) is 9.40 Å². The van der Waals surface area contributed by atoms with Crippen LogP contribution in [0.25, 0.3) is 0 Å². The topological polar surface area (TPSA) is 38.5 Å². The molecule has 1 aliphatic heterocycles. The third kappa shape index (κ3) is 2.84. The Morgan fingerprint density at radius 2 is 2.09 bits per heavy atom. The molecule has 2 aromatic carbocycles. The summed E-state index contributed by atoms with van der Waals surface area (Å²) >= 11 is 1.71. The van der Waals surface area contributed by atoms with Crippen LogP contribution in [0.4, 0.5) is 4.39 Å². The molecule has 3 rings (SSSR count). The average Bonchev–Trinajstić information content (AvgIpc) is 2.52. The summed E-state index contributed by atoms with van der Waals surface area (Å²) in [7, 11) is 1.88. The first kappa shape index (κ1) is 15.3. The Bertz CT molecular complexity index is 665. The van der Waals surface area contributed by atoms with Crippen molar-refractivity contribution in [3.05, 3.63) is 65.5 Å². The predicted molar refractivity (Wildman–Crippen MR) is 87.9 cm³/mol. The van der Waals surface area contributed by atoms with E-state index in [1.54, 1.807) is 28.9 Å². The minimum Gasteiger partial charge on any atom is -0.493 e. The van der Waals surface area contributed by atoms with Crippen molar-refractivity contribution in [2.75, 3.05) is 13.7 Å². The number of fused-ring (bicyclic) bond motifs is 1. The number of para-hydroxylation sites is 1. The number of rotatable bonds is 4. The lowest BCUT2D eigenvalue weighted by molar-refractivity contribution is 0.141. The van der Waals surface area contributed by atoms with Crippen LogP contribution >= 0.6 is 11.8 Å². The highest BCUT2D eigenvalue weighted by atomic mass is 32.2. The molecule has 0 spiro atoms. The summed E-state index contributed by atoms with van der Waals surface area (Å²) in [4.78, 5) is -0.360. The predicted octanol–water partition coefficient (Wildman–Crippen LogP) is 3.50. The smallest absolute Gasteiger partial charge is 0.125 e. The molecule has 1 heterocycles. The second-order valence-electron chi connectivity index (χ2n) is 5.41. The second kappa shape index (κ2) is 6.28. The summed E-state index contributed by atoms with van der Waals surface area (Å²) in [6, 6.07) is 14.7. The number of nitrogens with two attached hydrogens (primary N) is 1. The fourth-order valence-electron chi connectivity index (χ4n) is 2.80. The van der Waals surface area contributed by atoms with Crippen LogP contribution in [0, 0.1) is 5.82 Å². The normalized spacial score (nSPS) is 20.5. The van der Waals surface area contributed by atoms with Gasteiger partial charge in [0.05, 0.1) is 6.61 Å². The summed E-state index contributed by atoms with van der Waals surface area (Å²) < 4.78 is 19.1. The van der Waals surface area contributed by atoms with E-state index in [0.717, 1.165) is 23.3 Å². The van der Waals surface area contributed by atoms with Crippen molar-refractivity contribution in [2.45, 2.75) is 17.0 Å². The third-order valence-electron chi connectivity index (χ3n) is 3.94. The van der Waals surface area contributed by atoms with Gasteiger partial charge in [0.2, 0.25) is 0 Å². The van der Waals surface area contributed by atoms with Crippen LogP contribution in [0.5, 0.6) is 5.75 Å². The molecule has 1 unspecified atom stereocenters. The average molecular weight is 318 g/mol. The zero-order chi connectivity index (χ0) is 15.6. The number of hydrogen-bond donors (Lipinski definition) is 1. The van der Waals surface area contributed by atoms with Crippen molar-refractivity contribution in [1.29, 1.82) is 0 Å². The second-order valence-corrected chi connectivity index (χ2v) is 6.66. The summed E-state index contributed by atoms with van der Waals surface area (Å²) in [5.41, 5.74) is 2.03. The first-order valence-corrected chi connectivity index (χ1v) is 8.20. The lowest BCUT2D eigenvalue weighted by Crippen LogP contribution is -2.48. The molecular formula is C17H19FN2OS. The molecule has 2 aromatic rings. The Hall–Kier alpha value is -1.56. The van der Waals surface area contributed by atoms with E-state index in [2.05, 4.69) is 6.07 Å². The number of nitrogens with zero attached hydrogens (tertiary/aromatic N) is 1. The molecule has 0 fully saturated rings.